The molecule has 4 N–H and O–H groups in total. The molecule has 2 aliphatic rings. The van der Waals surface area contributed by atoms with E-state index >= 15 is 0 Å². The molecule has 28 heavy (non-hydrogen) atoms. The first-order chi connectivity index (χ1) is 13.5. The van der Waals surface area contributed by atoms with Crippen molar-refractivity contribution >= 4 is 12.0 Å². The predicted molar refractivity (Wildman–Crippen MR) is 109 cm³/mol. The third kappa shape index (κ3) is 5.47. The van der Waals surface area contributed by atoms with Crippen LogP contribution >= 0.6 is 0 Å². The number of aliphatic carboxylic acids is 1. The summed E-state index contributed by atoms with van der Waals surface area (Å²) in [4.78, 5) is 23.5. The third-order valence-electron chi connectivity index (χ3n) is 6.38. The first kappa shape index (κ1) is 20.6. The fourth-order valence-corrected chi connectivity index (χ4v) is 4.68. The molecule has 3 rings (SSSR count). The van der Waals surface area contributed by atoms with Crippen molar-refractivity contribution in [3.05, 3.63) is 35.9 Å². The minimum Gasteiger partial charge on any atom is -0.481 e. The number of carboxylic acids is 1. The molecule has 154 valence electrons. The number of amides is 2. The number of hydrogen-bond donors (Lipinski definition) is 4. The van der Waals surface area contributed by atoms with E-state index < -0.39 is 5.97 Å². The Morgan fingerprint density at radius 2 is 1.75 bits per heavy atom. The molecule has 1 atom stereocenters. The monoisotopic (exact) mass is 387 g/mol. The maximum Gasteiger partial charge on any atom is 0.315 e. The molecule has 6 heteroatoms. The van der Waals surface area contributed by atoms with Gasteiger partial charge in [0.15, 0.2) is 0 Å². The standard InChI is InChI=1S/C22H33N3O3/c1-16(17-7-3-2-4-8-17)25-22(13-5-6-14-22)15-23-21(28)24-19-11-9-18(10-12-19)20(26)27/h2-4,7-8,16,18-19,25H,5-6,9-15H2,1H3,(H,26,27)(H2,23,24,28). The first-order valence-electron chi connectivity index (χ1n) is 10.6. The van der Waals surface area contributed by atoms with Gasteiger partial charge in [0.1, 0.15) is 0 Å². The fraction of sp³-hybridized carbons (Fsp3) is 0.636. The quantitative estimate of drug-likeness (QED) is 0.575. The average Bonchev–Trinajstić information content (AvgIpc) is 3.16. The summed E-state index contributed by atoms with van der Waals surface area (Å²) in [6.45, 7) is 2.79. The highest BCUT2D eigenvalue weighted by molar-refractivity contribution is 5.74. The molecule has 0 bridgehead atoms. The van der Waals surface area contributed by atoms with Gasteiger partial charge in [-0.25, -0.2) is 4.79 Å². The minimum atomic E-state index is -0.718. The van der Waals surface area contributed by atoms with Crippen molar-refractivity contribution in [3.63, 3.8) is 0 Å². The number of hydrogen-bond acceptors (Lipinski definition) is 3. The molecule has 6 nitrogen and oxygen atoms in total. The smallest absolute Gasteiger partial charge is 0.315 e. The van der Waals surface area contributed by atoms with E-state index in [1.54, 1.807) is 0 Å². The molecule has 2 saturated carbocycles. The maximum absolute atomic E-state index is 12.4. The van der Waals surface area contributed by atoms with Crippen LogP contribution in [0.4, 0.5) is 4.79 Å². The Hall–Kier alpha value is -2.08. The molecule has 0 spiro atoms. The second kappa shape index (κ2) is 9.41. The molecule has 1 aromatic rings. The molecular formula is C22H33N3O3. The van der Waals surface area contributed by atoms with E-state index in [-0.39, 0.29) is 29.6 Å². The van der Waals surface area contributed by atoms with Crippen LogP contribution in [0.15, 0.2) is 30.3 Å². The predicted octanol–water partition coefficient (Wildman–Crippen LogP) is 3.59. The van der Waals surface area contributed by atoms with E-state index in [4.69, 9.17) is 5.11 Å². The van der Waals surface area contributed by atoms with E-state index in [2.05, 4.69) is 47.1 Å². The van der Waals surface area contributed by atoms with Gasteiger partial charge in [0, 0.05) is 24.2 Å². The summed E-state index contributed by atoms with van der Waals surface area (Å²) in [7, 11) is 0. The average molecular weight is 388 g/mol. The van der Waals surface area contributed by atoms with E-state index in [0.29, 0.717) is 19.4 Å². The Kier molecular flexibility index (Phi) is 6.94. The summed E-state index contributed by atoms with van der Waals surface area (Å²) >= 11 is 0. The van der Waals surface area contributed by atoms with E-state index in [0.717, 1.165) is 25.7 Å². The van der Waals surface area contributed by atoms with Crippen LogP contribution < -0.4 is 16.0 Å². The van der Waals surface area contributed by atoms with Gasteiger partial charge in [-0.1, -0.05) is 43.2 Å². The molecular weight excluding hydrogens is 354 g/mol. The molecule has 1 aromatic carbocycles. The van der Waals surface area contributed by atoms with Gasteiger partial charge in [-0.05, 0) is 51.0 Å². The van der Waals surface area contributed by atoms with Gasteiger partial charge in [0.25, 0.3) is 0 Å². The van der Waals surface area contributed by atoms with Crippen molar-refractivity contribution in [1.29, 1.82) is 0 Å². The highest BCUT2D eigenvalue weighted by atomic mass is 16.4. The summed E-state index contributed by atoms with van der Waals surface area (Å²) < 4.78 is 0. The molecule has 2 aliphatic carbocycles. The van der Waals surface area contributed by atoms with Crippen molar-refractivity contribution in [3.8, 4) is 0 Å². The highest BCUT2D eigenvalue weighted by Crippen LogP contribution is 2.32. The zero-order valence-electron chi connectivity index (χ0n) is 16.7. The van der Waals surface area contributed by atoms with Crippen LogP contribution in [-0.4, -0.2) is 35.2 Å². The Balaban J connectivity index is 1.48. The van der Waals surface area contributed by atoms with Crippen LogP contribution in [0.5, 0.6) is 0 Å². The molecule has 2 fully saturated rings. The summed E-state index contributed by atoms with van der Waals surface area (Å²) in [6.07, 6.45) is 7.23. The summed E-state index contributed by atoms with van der Waals surface area (Å²) in [5, 5.41) is 19.0. The second-order valence-corrected chi connectivity index (χ2v) is 8.48. The van der Waals surface area contributed by atoms with Gasteiger partial charge < -0.3 is 21.1 Å². The van der Waals surface area contributed by atoms with Gasteiger partial charge in [0.2, 0.25) is 0 Å². The molecule has 0 aliphatic heterocycles. The molecule has 1 unspecified atom stereocenters. The van der Waals surface area contributed by atoms with Crippen LogP contribution in [-0.2, 0) is 4.79 Å². The summed E-state index contributed by atoms with van der Waals surface area (Å²) in [5.41, 5.74) is 1.20. The number of urea groups is 1. The lowest BCUT2D eigenvalue weighted by atomic mass is 9.86. The SMILES string of the molecule is CC(NC1(CNC(=O)NC2CCC(C(=O)O)CC2)CCCC1)c1ccccc1. The van der Waals surface area contributed by atoms with Crippen LogP contribution in [0.2, 0.25) is 0 Å². The highest BCUT2D eigenvalue weighted by Gasteiger charge is 2.35. The lowest BCUT2D eigenvalue weighted by Crippen LogP contribution is -2.55. The van der Waals surface area contributed by atoms with Crippen LogP contribution in [0.25, 0.3) is 0 Å². The molecule has 0 heterocycles. The van der Waals surface area contributed by atoms with E-state index in [9.17, 15) is 9.59 Å². The van der Waals surface area contributed by atoms with Gasteiger partial charge in [-0.15, -0.1) is 0 Å². The van der Waals surface area contributed by atoms with E-state index in [1.807, 2.05) is 6.07 Å². The number of benzene rings is 1. The Bertz CT molecular complexity index is 650. The van der Waals surface area contributed by atoms with Crippen molar-refractivity contribution in [2.24, 2.45) is 5.92 Å². The Morgan fingerprint density at radius 1 is 1.11 bits per heavy atom. The first-order valence-corrected chi connectivity index (χ1v) is 10.6. The molecule has 2 amide bonds. The largest absolute Gasteiger partial charge is 0.481 e. The van der Waals surface area contributed by atoms with Gasteiger partial charge >= 0.3 is 12.0 Å². The van der Waals surface area contributed by atoms with Crippen LogP contribution in [0.3, 0.4) is 0 Å². The molecule has 0 radical (unpaired) electrons. The zero-order chi connectivity index (χ0) is 20.0. The zero-order valence-corrected chi connectivity index (χ0v) is 16.7. The lowest BCUT2D eigenvalue weighted by Gasteiger charge is -2.35. The van der Waals surface area contributed by atoms with Crippen molar-refractivity contribution in [1.82, 2.24) is 16.0 Å². The second-order valence-electron chi connectivity index (χ2n) is 8.48. The van der Waals surface area contributed by atoms with Gasteiger partial charge in [0.05, 0.1) is 5.92 Å². The minimum absolute atomic E-state index is 0.0619. The van der Waals surface area contributed by atoms with Crippen molar-refractivity contribution in [2.45, 2.75) is 75.9 Å². The number of carbonyl (C=O) groups is 2. The Morgan fingerprint density at radius 3 is 2.36 bits per heavy atom. The number of carboxylic acid groups (broad SMARTS) is 1. The van der Waals surface area contributed by atoms with Crippen LogP contribution in [0, 0.1) is 5.92 Å². The van der Waals surface area contributed by atoms with Gasteiger partial charge in [-0.3, -0.25) is 4.79 Å². The summed E-state index contributed by atoms with van der Waals surface area (Å²) in [5.74, 6) is -0.976. The molecule has 0 aromatic heterocycles. The lowest BCUT2D eigenvalue weighted by molar-refractivity contribution is -0.142. The maximum atomic E-state index is 12.4. The topological polar surface area (TPSA) is 90.5 Å². The number of nitrogens with one attached hydrogen (secondary N) is 3. The van der Waals surface area contributed by atoms with Crippen LogP contribution in [0.1, 0.15) is 69.9 Å². The number of carbonyl (C=O) groups excluding carboxylic acids is 1. The molecule has 0 saturated heterocycles. The fourth-order valence-electron chi connectivity index (χ4n) is 4.68. The third-order valence-corrected chi connectivity index (χ3v) is 6.38. The van der Waals surface area contributed by atoms with Crippen molar-refractivity contribution < 1.29 is 14.7 Å². The van der Waals surface area contributed by atoms with Crippen molar-refractivity contribution in [2.75, 3.05) is 6.54 Å². The Labute approximate surface area is 167 Å². The summed E-state index contributed by atoms with van der Waals surface area (Å²) in [6, 6.07) is 10.6. The van der Waals surface area contributed by atoms with E-state index in [1.165, 1.54) is 18.4 Å². The number of rotatable bonds is 7. The normalized spacial score (nSPS) is 25.0. The van der Waals surface area contributed by atoms with Gasteiger partial charge in [-0.2, -0.15) is 0 Å².